The number of thioether (sulfide) groups is 1. The molecule has 0 aromatic heterocycles. The summed E-state index contributed by atoms with van der Waals surface area (Å²) in [6.45, 7) is 2.74. The lowest BCUT2D eigenvalue weighted by molar-refractivity contribution is -0.146. The first-order valence-corrected chi connectivity index (χ1v) is 10.8. The van der Waals surface area contributed by atoms with Crippen molar-refractivity contribution in [1.29, 1.82) is 0 Å². The van der Waals surface area contributed by atoms with Crippen LogP contribution in [-0.2, 0) is 22.7 Å². The molecule has 1 aliphatic heterocycles. The Bertz CT molecular complexity index is 1020. The van der Waals surface area contributed by atoms with Gasteiger partial charge in [0.05, 0.1) is 0 Å². The van der Waals surface area contributed by atoms with Crippen molar-refractivity contribution in [2.75, 3.05) is 0 Å². The van der Waals surface area contributed by atoms with Crippen LogP contribution in [0.2, 0.25) is 0 Å². The number of benzene rings is 3. The molecule has 1 heterocycles. The second-order valence-electron chi connectivity index (χ2n) is 7.07. The van der Waals surface area contributed by atoms with Gasteiger partial charge in [0.15, 0.2) is 6.04 Å². The van der Waals surface area contributed by atoms with E-state index in [9.17, 15) is 4.79 Å². The predicted molar refractivity (Wildman–Crippen MR) is 121 cm³/mol. The van der Waals surface area contributed by atoms with E-state index in [0.717, 1.165) is 27.5 Å². The molecule has 0 amide bonds. The summed E-state index contributed by atoms with van der Waals surface area (Å²) in [5.74, 6) is 0.467. The fourth-order valence-electron chi connectivity index (χ4n) is 3.20. The molecule has 0 spiro atoms. The minimum absolute atomic E-state index is 0.00505. The van der Waals surface area contributed by atoms with Crippen molar-refractivity contribution in [3.05, 3.63) is 102 Å². The summed E-state index contributed by atoms with van der Waals surface area (Å²) in [7, 11) is 0. The molecule has 0 radical (unpaired) electrons. The van der Waals surface area contributed by atoms with Gasteiger partial charge in [0, 0.05) is 10.8 Å². The van der Waals surface area contributed by atoms with E-state index in [0.29, 0.717) is 6.61 Å². The maximum atomic E-state index is 12.6. The predicted octanol–water partition coefficient (Wildman–Crippen LogP) is 5.26. The van der Waals surface area contributed by atoms with Crippen LogP contribution >= 0.6 is 11.8 Å². The number of ether oxygens (including phenoxy) is 2. The molecule has 1 unspecified atom stereocenters. The van der Waals surface area contributed by atoms with Crippen LogP contribution in [-0.4, -0.2) is 22.3 Å². The summed E-state index contributed by atoms with van der Waals surface area (Å²) in [6, 6.07) is 27.0. The Morgan fingerprint density at radius 3 is 2.17 bits per heavy atom. The van der Waals surface area contributed by atoms with Crippen LogP contribution in [0.3, 0.4) is 0 Å². The lowest BCUT2D eigenvalue weighted by Gasteiger charge is -2.12. The molecule has 1 aliphatic rings. The Labute approximate surface area is 181 Å². The van der Waals surface area contributed by atoms with Crippen molar-refractivity contribution >= 4 is 22.8 Å². The lowest BCUT2D eigenvalue weighted by atomic mass is 10.2. The molecule has 2 atom stereocenters. The normalized spacial score (nSPS) is 18.0. The van der Waals surface area contributed by atoms with Crippen molar-refractivity contribution < 1.29 is 14.3 Å². The third-order valence-electron chi connectivity index (χ3n) is 4.82. The molecule has 30 heavy (non-hydrogen) atoms. The van der Waals surface area contributed by atoms with E-state index in [4.69, 9.17) is 14.5 Å². The first kappa shape index (κ1) is 20.2. The van der Waals surface area contributed by atoms with Crippen LogP contribution in [0.25, 0.3) is 0 Å². The van der Waals surface area contributed by atoms with Crippen LogP contribution in [0.15, 0.2) is 89.9 Å². The lowest BCUT2D eigenvalue weighted by Crippen LogP contribution is -2.27. The Hall–Kier alpha value is -3.05. The quantitative estimate of drug-likeness (QED) is 0.492. The van der Waals surface area contributed by atoms with E-state index < -0.39 is 6.04 Å². The number of carbonyl (C=O) groups is 1. The fourth-order valence-corrected chi connectivity index (χ4v) is 4.32. The van der Waals surface area contributed by atoms with Crippen LogP contribution in [0, 0.1) is 0 Å². The highest BCUT2D eigenvalue weighted by molar-refractivity contribution is 8.15. The highest BCUT2D eigenvalue weighted by Crippen LogP contribution is 2.34. The van der Waals surface area contributed by atoms with Crippen LogP contribution in [0.1, 0.15) is 23.6 Å². The third kappa shape index (κ3) is 4.92. The van der Waals surface area contributed by atoms with Gasteiger partial charge in [0.2, 0.25) is 0 Å². The topological polar surface area (TPSA) is 47.9 Å². The minimum Gasteiger partial charge on any atom is -0.488 e. The molecule has 0 fully saturated rings. The van der Waals surface area contributed by atoms with Gasteiger partial charge in [-0.1, -0.05) is 79.7 Å². The zero-order chi connectivity index (χ0) is 20.8. The SMILES string of the molecule is CC1SC(c2ccccc2OCc2ccccc2)=N[C@H]1C(=O)OCc1ccccc1. The number of aliphatic imine (C=N–C) groups is 1. The summed E-state index contributed by atoms with van der Waals surface area (Å²) in [4.78, 5) is 17.3. The molecular formula is C25H23NO3S. The van der Waals surface area contributed by atoms with Gasteiger partial charge in [0.25, 0.3) is 0 Å². The Morgan fingerprint density at radius 1 is 0.867 bits per heavy atom. The van der Waals surface area contributed by atoms with Crippen LogP contribution in [0.5, 0.6) is 5.75 Å². The monoisotopic (exact) mass is 417 g/mol. The average molecular weight is 418 g/mol. The Morgan fingerprint density at radius 2 is 1.47 bits per heavy atom. The standard InChI is InChI=1S/C25H23NO3S/c1-18-23(25(27)29-17-20-12-6-3-7-13-20)26-24(30-18)21-14-8-9-15-22(21)28-16-19-10-4-2-5-11-19/h2-15,18,23H,16-17H2,1H3/t18?,23-/m1/s1. The van der Waals surface area contributed by atoms with Gasteiger partial charge in [-0.15, -0.1) is 11.8 Å². The maximum Gasteiger partial charge on any atom is 0.332 e. The first-order chi connectivity index (χ1) is 14.7. The highest BCUT2D eigenvalue weighted by Gasteiger charge is 2.34. The summed E-state index contributed by atoms with van der Waals surface area (Å²) < 4.78 is 11.6. The highest BCUT2D eigenvalue weighted by atomic mass is 32.2. The van der Waals surface area contributed by atoms with Gasteiger partial charge in [-0.25, -0.2) is 4.79 Å². The van der Waals surface area contributed by atoms with Crippen molar-refractivity contribution in [1.82, 2.24) is 0 Å². The number of carbonyl (C=O) groups excluding carboxylic acids is 1. The van der Waals surface area contributed by atoms with Gasteiger partial charge in [-0.2, -0.15) is 0 Å². The zero-order valence-corrected chi connectivity index (χ0v) is 17.5. The van der Waals surface area contributed by atoms with Crippen LogP contribution < -0.4 is 4.74 Å². The largest absolute Gasteiger partial charge is 0.488 e. The first-order valence-electron chi connectivity index (χ1n) is 9.92. The molecular weight excluding hydrogens is 394 g/mol. The van der Waals surface area contributed by atoms with Gasteiger partial charge in [-0.3, -0.25) is 4.99 Å². The average Bonchev–Trinajstić information content (AvgIpc) is 3.19. The maximum absolute atomic E-state index is 12.6. The molecule has 5 heteroatoms. The second kappa shape index (κ2) is 9.63. The van der Waals surface area contributed by atoms with Gasteiger partial charge in [-0.05, 0) is 23.3 Å². The van der Waals surface area contributed by atoms with E-state index in [2.05, 4.69) is 0 Å². The minimum atomic E-state index is -0.518. The van der Waals surface area contributed by atoms with Crippen LogP contribution in [0.4, 0.5) is 0 Å². The molecule has 0 N–H and O–H groups in total. The van der Waals surface area contributed by atoms with Gasteiger partial charge in [0.1, 0.15) is 24.0 Å². The molecule has 4 nitrogen and oxygen atoms in total. The molecule has 0 bridgehead atoms. The fraction of sp³-hybridized carbons (Fsp3) is 0.200. The van der Waals surface area contributed by atoms with E-state index in [1.807, 2.05) is 91.9 Å². The molecule has 0 saturated heterocycles. The Kier molecular flexibility index (Phi) is 6.50. The zero-order valence-electron chi connectivity index (χ0n) is 16.7. The number of hydrogen-bond donors (Lipinski definition) is 0. The van der Waals surface area contributed by atoms with E-state index in [-0.39, 0.29) is 17.8 Å². The van der Waals surface area contributed by atoms with Crippen molar-refractivity contribution in [2.24, 2.45) is 4.99 Å². The van der Waals surface area contributed by atoms with Gasteiger partial charge >= 0.3 is 5.97 Å². The van der Waals surface area contributed by atoms with Crippen molar-refractivity contribution in [2.45, 2.75) is 31.4 Å². The summed E-state index contributed by atoms with van der Waals surface area (Å²) >= 11 is 1.58. The van der Waals surface area contributed by atoms with Crippen molar-refractivity contribution in [3.63, 3.8) is 0 Å². The second-order valence-corrected chi connectivity index (χ2v) is 8.43. The smallest absolute Gasteiger partial charge is 0.332 e. The summed E-state index contributed by atoms with van der Waals surface area (Å²) in [6.07, 6.45) is 0. The number of hydrogen-bond acceptors (Lipinski definition) is 5. The molecule has 3 aromatic rings. The van der Waals surface area contributed by atoms with Crippen molar-refractivity contribution in [3.8, 4) is 5.75 Å². The molecule has 152 valence electrons. The van der Waals surface area contributed by atoms with E-state index in [1.165, 1.54) is 0 Å². The number of esters is 1. The van der Waals surface area contributed by atoms with E-state index >= 15 is 0 Å². The summed E-state index contributed by atoms with van der Waals surface area (Å²) in [5, 5.41) is 0.818. The Balaban J connectivity index is 1.45. The number of para-hydroxylation sites is 1. The van der Waals surface area contributed by atoms with E-state index in [1.54, 1.807) is 11.8 Å². The molecule has 4 rings (SSSR count). The number of nitrogens with zero attached hydrogens (tertiary/aromatic N) is 1. The van der Waals surface area contributed by atoms with Gasteiger partial charge < -0.3 is 9.47 Å². The third-order valence-corrected chi connectivity index (χ3v) is 6.00. The molecule has 3 aromatic carbocycles. The number of rotatable bonds is 7. The molecule has 0 aliphatic carbocycles. The summed E-state index contributed by atoms with van der Waals surface area (Å²) in [5.41, 5.74) is 2.97. The molecule has 0 saturated carbocycles.